The molecule has 0 N–H and O–H groups in total. The minimum absolute atomic E-state index is 0.0913. The predicted octanol–water partition coefficient (Wildman–Crippen LogP) is 12.7. The summed E-state index contributed by atoms with van der Waals surface area (Å²) in [5.41, 5.74) is -1.49. The van der Waals surface area contributed by atoms with Crippen LogP contribution in [0, 0.1) is 28.6 Å². The molecule has 412 valence electrons. The molecule has 0 aromatic heterocycles. The highest BCUT2D eigenvalue weighted by atomic mass is 16.6. The molecular weight excluding hydrogens is 915 g/mol. The van der Waals surface area contributed by atoms with Gasteiger partial charge in [-0.1, -0.05) is 96.9 Å². The minimum Gasteiger partial charge on any atom is -0.465 e. The van der Waals surface area contributed by atoms with Gasteiger partial charge in [-0.3, -0.25) is 28.8 Å². The van der Waals surface area contributed by atoms with Crippen molar-refractivity contribution in [3.63, 3.8) is 0 Å². The SMILES string of the molecule is CCCCC/C=C\CCOC(=O)CCCCCC(=O)OCC(COC(=O)CCCCCC(=O)OCC/C=C\CCCCC)(COC(=O)CCCN1CCCC1)COC(=O)CC12CC(C)CC(CC(CC)C1)C2. The number of fused-ring (bicyclic) bond motifs is 2. The van der Waals surface area contributed by atoms with E-state index in [0.29, 0.717) is 88.8 Å². The molecule has 13 nitrogen and oxygen atoms in total. The second-order valence-electron chi connectivity index (χ2n) is 21.9. The largest absolute Gasteiger partial charge is 0.465 e. The quantitative estimate of drug-likeness (QED) is 0.0246. The Hall–Kier alpha value is -3.74. The summed E-state index contributed by atoms with van der Waals surface area (Å²) in [7, 11) is 0. The van der Waals surface area contributed by atoms with E-state index in [1.54, 1.807) is 0 Å². The van der Waals surface area contributed by atoms with Crippen LogP contribution in [0.5, 0.6) is 0 Å². The molecule has 1 saturated heterocycles. The van der Waals surface area contributed by atoms with Crippen molar-refractivity contribution >= 4 is 35.8 Å². The van der Waals surface area contributed by atoms with Crippen molar-refractivity contribution in [2.75, 3.05) is 59.3 Å². The van der Waals surface area contributed by atoms with E-state index in [9.17, 15) is 28.8 Å². The fraction of sp³-hybridized carbons (Fsp3) is 0.831. The summed E-state index contributed by atoms with van der Waals surface area (Å²) in [5, 5.41) is 0. The number of unbranched alkanes of at least 4 members (excludes halogenated alkanes) is 10. The van der Waals surface area contributed by atoms with Crippen LogP contribution in [0.2, 0.25) is 0 Å². The summed E-state index contributed by atoms with van der Waals surface area (Å²) in [6.07, 6.45) is 32.9. The molecular formula is C59H99NO12. The summed E-state index contributed by atoms with van der Waals surface area (Å²) in [6, 6.07) is 0. The number of esters is 6. The van der Waals surface area contributed by atoms with Gasteiger partial charge in [0.25, 0.3) is 0 Å². The van der Waals surface area contributed by atoms with Crippen molar-refractivity contribution < 1.29 is 57.2 Å². The zero-order valence-electron chi connectivity index (χ0n) is 45.7. The van der Waals surface area contributed by atoms with Gasteiger partial charge in [0.1, 0.15) is 31.8 Å². The molecule has 13 heteroatoms. The standard InChI is InChI=1S/C59H99NO12/c1-5-8-10-12-14-16-26-37-67-52(61)29-20-18-22-31-54(63)69-45-59(47-71-56(65)33-28-36-60-34-24-25-35-60,48-72-57(66)44-58-41-49(4)39-51(43-58)40-50(7-3)42-58)46-70-55(64)32-23-19-21-30-53(62)68-38-27-17-15-13-11-9-6-2/h14-17,49-51H,5-13,18-48H2,1-4H3/b16-14-,17-15-. The number of nitrogens with zero attached hydrogens (tertiary/aromatic N) is 1. The van der Waals surface area contributed by atoms with E-state index < -0.39 is 23.3 Å². The first-order chi connectivity index (χ1) is 34.9. The van der Waals surface area contributed by atoms with Crippen molar-refractivity contribution in [3.8, 4) is 0 Å². The third-order valence-electron chi connectivity index (χ3n) is 14.8. The molecule has 0 amide bonds. The van der Waals surface area contributed by atoms with E-state index in [4.69, 9.17) is 28.4 Å². The Kier molecular flexibility index (Phi) is 32.9. The van der Waals surface area contributed by atoms with E-state index in [1.165, 1.54) is 51.4 Å². The van der Waals surface area contributed by atoms with E-state index >= 15 is 0 Å². The number of rotatable bonds is 41. The third-order valence-corrected chi connectivity index (χ3v) is 14.8. The summed E-state index contributed by atoms with van der Waals surface area (Å²) < 4.78 is 34.5. The first-order valence-electron chi connectivity index (χ1n) is 28.8. The molecule has 2 aliphatic carbocycles. The van der Waals surface area contributed by atoms with Gasteiger partial charge in [0.2, 0.25) is 0 Å². The number of hydrogen-bond acceptors (Lipinski definition) is 13. The van der Waals surface area contributed by atoms with Crippen LogP contribution in [0.25, 0.3) is 0 Å². The van der Waals surface area contributed by atoms with Gasteiger partial charge in [0, 0.05) is 32.1 Å². The first-order valence-corrected chi connectivity index (χ1v) is 28.8. The second kappa shape index (κ2) is 37.9. The maximum atomic E-state index is 14.0. The summed E-state index contributed by atoms with van der Waals surface area (Å²) in [6.45, 7) is 11.3. The topological polar surface area (TPSA) is 161 Å². The van der Waals surface area contributed by atoms with Crippen molar-refractivity contribution in [2.24, 2.45) is 28.6 Å². The molecule has 3 aliphatic rings. The van der Waals surface area contributed by atoms with Gasteiger partial charge in [-0.2, -0.15) is 0 Å². The Morgan fingerprint density at radius 2 is 0.944 bits per heavy atom. The Morgan fingerprint density at radius 1 is 0.500 bits per heavy atom. The molecule has 0 aromatic rings. The van der Waals surface area contributed by atoms with Gasteiger partial charge in [-0.15, -0.1) is 0 Å². The van der Waals surface area contributed by atoms with Gasteiger partial charge in [0.05, 0.1) is 19.6 Å². The minimum atomic E-state index is -1.35. The molecule has 0 radical (unpaired) electrons. The maximum absolute atomic E-state index is 14.0. The Balaban J connectivity index is 1.61. The zero-order valence-corrected chi connectivity index (χ0v) is 45.7. The summed E-state index contributed by atoms with van der Waals surface area (Å²) >= 11 is 0. The van der Waals surface area contributed by atoms with Crippen LogP contribution >= 0.6 is 0 Å². The molecule has 1 heterocycles. The number of allylic oxidation sites excluding steroid dienone is 2. The normalized spacial score (nSPS) is 20.1. The predicted molar refractivity (Wildman–Crippen MR) is 282 cm³/mol. The van der Waals surface area contributed by atoms with Crippen LogP contribution < -0.4 is 0 Å². The van der Waals surface area contributed by atoms with Gasteiger partial charge in [0.15, 0.2) is 0 Å². The molecule has 4 atom stereocenters. The molecule has 72 heavy (non-hydrogen) atoms. The van der Waals surface area contributed by atoms with Crippen LogP contribution in [-0.4, -0.2) is 100.0 Å². The summed E-state index contributed by atoms with van der Waals surface area (Å²) in [4.78, 5) is 80.8. The molecule has 2 saturated carbocycles. The number of likely N-dealkylation sites (tertiary alicyclic amines) is 1. The van der Waals surface area contributed by atoms with Gasteiger partial charge >= 0.3 is 35.8 Å². The van der Waals surface area contributed by atoms with Gasteiger partial charge < -0.3 is 33.3 Å². The molecule has 1 aliphatic heterocycles. The van der Waals surface area contributed by atoms with Crippen LogP contribution in [0.15, 0.2) is 24.3 Å². The molecule has 0 aromatic carbocycles. The van der Waals surface area contributed by atoms with Gasteiger partial charge in [-0.25, -0.2) is 0 Å². The number of ether oxygens (including phenoxy) is 6. The lowest BCUT2D eigenvalue weighted by atomic mass is 9.55. The van der Waals surface area contributed by atoms with Gasteiger partial charge in [-0.05, 0) is 158 Å². The first kappa shape index (κ1) is 62.6. The molecule has 2 bridgehead atoms. The highest BCUT2D eigenvalue weighted by Gasteiger charge is 2.47. The lowest BCUT2D eigenvalue weighted by Crippen LogP contribution is -2.45. The third kappa shape index (κ3) is 28.6. The molecule has 3 rings (SSSR count). The monoisotopic (exact) mass is 1010 g/mol. The summed E-state index contributed by atoms with van der Waals surface area (Å²) in [5.74, 6) is -0.578. The second-order valence-corrected chi connectivity index (χ2v) is 21.9. The lowest BCUT2D eigenvalue weighted by molar-refractivity contribution is -0.172. The highest BCUT2D eigenvalue weighted by Crippen LogP contribution is 2.55. The average Bonchev–Trinajstić information content (AvgIpc) is 3.88. The van der Waals surface area contributed by atoms with E-state index in [-0.39, 0.29) is 88.3 Å². The number of hydrogen-bond donors (Lipinski definition) is 0. The van der Waals surface area contributed by atoms with Crippen LogP contribution in [0.3, 0.4) is 0 Å². The fourth-order valence-corrected chi connectivity index (χ4v) is 11.0. The average molecular weight is 1010 g/mol. The van der Waals surface area contributed by atoms with Crippen LogP contribution in [0.1, 0.15) is 227 Å². The maximum Gasteiger partial charge on any atom is 0.306 e. The van der Waals surface area contributed by atoms with Crippen LogP contribution in [0.4, 0.5) is 0 Å². The molecule has 0 spiro atoms. The van der Waals surface area contributed by atoms with E-state index in [1.807, 2.05) is 0 Å². The molecule has 4 unspecified atom stereocenters. The fourth-order valence-electron chi connectivity index (χ4n) is 11.0. The number of carbonyl (C=O) groups excluding carboxylic acids is 6. The van der Waals surface area contributed by atoms with E-state index in [0.717, 1.165) is 71.0 Å². The smallest absolute Gasteiger partial charge is 0.306 e. The van der Waals surface area contributed by atoms with E-state index in [2.05, 4.69) is 56.9 Å². The van der Waals surface area contributed by atoms with Crippen molar-refractivity contribution in [1.29, 1.82) is 0 Å². The lowest BCUT2D eigenvalue weighted by Gasteiger charge is -2.50. The Morgan fingerprint density at radius 3 is 1.42 bits per heavy atom. The number of carbonyl (C=O) groups is 6. The highest BCUT2D eigenvalue weighted by molar-refractivity contribution is 5.72. The van der Waals surface area contributed by atoms with Crippen LogP contribution in [-0.2, 0) is 57.2 Å². The Bertz CT molecular complexity index is 1540. The van der Waals surface area contributed by atoms with Crippen molar-refractivity contribution in [3.05, 3.63) is 24.3 Å². The van der Waals surface area contributed by atoms with Crippen molar-refractivity contribution in [1.82, 2.24) is 4.90 Å². The Labute approximate surface area is 435 Å². The van der Waals surface area contributed by atoms with Crippen molar-refractivity contribution in [2.45, 2.75) is 227 Å². The molecule has 3 fully saturated rings. The zero-order chi connectivity index (χ0) is 52.1.